The molecule has 0 bridgehead atoms. The highest BCUT2D eigenvalue weighted by Gasteiger charge is 2.26. The van der Waals surface area contributed by atoms with E-state index in [9.17, 15) is 9.50 Å². The number of nitrogens with zero attached hydrogens (tertiary/aromatic N) is 1. The number of benzene rings is 1. The normalized spacial score (nSPS) is 24.1. The molecule has 16 heavy (non-hydrogen) atoms. The van der Waals surface area contributed by atoms with E-state index >= 15 is 0 Å². The Morgan fingerprint density at radius 3 is 2.81 bits per heavy atom. The molecule has 0 radical (unpaired) electrons. The maximum atomic E-state index is 13.3. The molecule has 0 amide bonds. The van der Waals surface area contributed by atoms with Crippen molar-refractivity contribution < 1.29 is 14.2 Å². The maximum absolute atomic E-state index is 13.3. The second kappa shape index (κ2) is 4.50. The summed E-state index contributed by atoms with van der Waals surface area (Å²) in [5.74, 6) is -0.227. The predicted molar refractivity (Wildman–Crippen MR) is 55.4 cm³/mol. The van der Waals surface area contributed by atoms with Crippen LogP contribution in [0.5, 0.6) is 5.75 Å². The second-order valence-corrected chi connectivity index (χ2v) is 3.91. The molecule has 1 aliphatic carbocycles. The molecule has 1 aromatic rings. The number of hydrogen-bond donors (Lipinski definition) is 1. The summed E-state index contributed by atoms with van der Waals surface area (Å²) in [5, 5.41) is 18.1. The molecular formula is C12H12FNO2. The van der Waals surface area contributed by atoms with Gasteiger partial charge in [-0.25, -0.2) is 4.39 Å². The minimum absolute atomic E-state index is 0.000629. The first kappa shape index (κ1) is 10.9. The maximum Gasteiger partial charge on any atom is 0.144 e. The highest BCUT2D eigenvalue weighted by Crippen LogP contribution is 2.25. The lowest BCUT2D eigenvalue weighted by Gasteiger charge is -2.17. The Balaban J connectivity index is 2.11. The largest absolute Gasteiger partial charge is 0.488 e. The van der Waals surface area contributed by atoms with Gasteiger partial charge in [0.05, 0.1) is 11.7 Å². The van der Waals surface area contributed by atoms with Gasteiger partial charge in [-0.05, 0) is 31.4 Å². The van der Waals surface area contributed by atoms with Crippen molar-refractivity contribution in [3.63, 3.8) is 0 Å². The first-order valence-corrected chi connectivity index (χ1v) is 5.25. The Kier molecular flexibility index (Phi) is 3.07. The molecule has 1 aromatic carbocycles. The summed E-state index contributed by atoms with van der Waals surface area (Å²) in [6.45, 7) is 0. The minimum Gasteiger partial charge on any atom is -0.488 e. The van der Waals surface area contributed by atoms with Gasteiger partial charge in [-0.2, -0.15) is 5.26 Å². The number of hydrogen-bond acceptors (Lipinski definition) is 3. The lowest BCUT2D eigenvalue weighted by Crippen LogP contribution is -2.25. The van der Waals surface area contributed by atoms with Gasteiger partial charge in [-0.1, -0.05) is 0 Å². The molecule has 2 atom stereocenters. The first-order chi connectivity index (χ1) is 7.70. The third-order valence-corrected chi connectivity index (χ3v) is 2.77. The molecule has 0 spiro atoms. The molecule has 0 aromatic heterocycles. The zero-order chi connectivity index (χ0) is 11.5. The minimum atomic E-state index is -0.590. The third-order valence-electron chi connectivity index (χ3n) is 2.77. The van der Waals surface area contributed by atoms with Crippen LogP contribution in [0.3, 0.4) is 0 Å². The Morgan fingerprint density at radius 2 is 2.25 bits per heavy atom. The summed E-state index contributed by atoms with van der Waals surface area (Å²) < 4.78 is 18.7. The molecule has 0 unspecified atom stereocenters. The van der Waals surface area contributed by atoms with Crippen molar-refractivity contribution in [1.82, 2.24) is 0 Å². The van der Waals surface area contributed by atoms with E-state index in [1.807, 2.05) is 0 Å². The molecule has 1 aliphatic rings. The van der Waals surface area contributed by atoms with Crippen molar-refractivity contribution in [1.29, 1.82) is 5.26 Å². The Bertz CT molecular complexity index is 428. The van der Waals surface area contributed by atoms with Crippen LogP contribution in [0.15, 0.2) is 18.2 Å². The molecule has 3 nitrogen and oxygen atoms in total. The van der Waals surface area contributed by atoms with Gasteiger partial charge in [0.2, 0.25) is 0 Å². The molecule has 1 fully saturated rings. The molecule has 0 aliphatic heterocycles. The Labute approximate surface area is 93.1 Å². The van der Waals surface area contributed by atoms with Gasteiger partial charge in [0.15, 0.2) is 0 Å². The molecule has 2 rings (SSSR count). The SMILES string of the molecule is N#Cc1ccc(O[C@@H]2CCC[C@H]2O)cc1F. The molecule has 1 saturated carbocycles. The fourth-order valence-electron chi connectivity index (χ4n) is 1.88. The fraction of sp³-hybridized carbons (Fsp3) is 0.417. The Hall–Kier alpha value is -1.60. The van der Waals surface area contributed by atoms with Gasteiger partial charge < -0.3 is 9.84 Å². The standard InChI is InChI=1S/C12H12FNO2/c13-10-6-9(5-4-8(10)7-14)16-12-3-1-2-11(12)15/h4-6,11-12,15H,1-3H2/t11-,12-/m1/s1. The second-order valence-electron chi connectivity index (χ2n) is 3.91. The van der Waals surface area contributed by atoms with Crippen LogP contribution in [-0.2, 0) is 0 Å². The van der Waals surface area contributed by atoms with E-state index in [0.29, 0.717) is 5.75 Å². The van der Waals surface area contributed by atoms with Crippen LogP contribution in [0, 0.1) is 17.1 Å². The summed E-state index contributed by atoms with van der Waals surface area (Å²) in [6.07, 6.45) is 1.70. The molecule has 84 valence electrons. The number of aliphatic hydroxyl groups excluding tert-OH is 1. The topological polar surface area (TPSA) is 53.2 Å². The van der Waals surface area contributed by atoms with Crippen molar-refractivity contribution in [2.45, 2.75) is 31.5 Å². The third kappa shape index (κ3) is 2.15. The van der Waals surface area contributed by atoms with Crippen LogP contribution in [0.25, 0.3) is 0 Å². The number of rotatable bonds is 2. The predicted octanol–water partition coefficient (Wildman–Crippen LogP) is 1.99. The highest BCUT2D eigenvalue weighted by atomic mass is 19.1. The molecule has 1 N–H and O–H groups in total. The zero-order valence-electron chi connectivity index (χ0n) is 8.69. The van der Waals surface area contributed by atoms with Crippen molar-refractivity contribution in [2.24, 2.45) is 0 Å². The van der Waals surface area contributed by atoms with Crippen LogP contribution in [-0.4, -0.2) is 17.3 Å². The van der Waals surface area contributed by atoms with Gasteiger partial charge in [-0.3, -0.25) is 0 Å². The molecule has 0 saturated heterocycles. The average Bonchev–Trinajstić information content (AvgIpc) is 2.65. The van der Waals surface area contributed by atoms with E-state index in [-0.39, 0.29) is 11.7 Å². The number of ether oxygens (including phenoxy) is 1. The van der Waals surface area contributed by atoms with Gasteiger partial charge >= 0.3 is 0 Å². The summed E-state index contributed by atoms with van der Waals surface area (Å²) in [6, 6.07) is 5.86. The number of halogens is 1. The van der Waals surface area contributed by atoms with Gasteiger partial charge in [0.25, 0.3) is 0 Å². The molecule has 0 heterocycles. The zero-order valence-corrected chi connectivity index (χ0v) is 8.69. The fourth-order valence-corrected chi connectivity index (χ4v) is 1.88. The summed E-state index contributed by atoms with van der Waals surface area (Å²) in [7, 11) is 0. The average molecular weight is 221 g/mol. The lowest BCUT2D eigenvalue weighted by molar-refractivity contribution is 0.0602. The number of nitriles is 1. The van der Waals surface area contributed by atoms with Gasteiger partial charge in [0, 0.05) is 6.07 Å². The van der Waals surface area contributed by atoms with Gasteiger partial charge in [-0.15, -0.1) is 0 Å². The number of aliphatic hydroxyl groups is 1. The van der Waals surface area contributed by atoms with Crippen molar-refractivity contribution in [2.75, 3.05) is 0 Å². The van der Waals surface area contributed by atoms with Gasteiger partial charge in [0.1, 0.15) is 23.7 Å². The van der Waals surface area contributed by atoms with E-state index in [2.05, 4.69) is 0 Å². The van der Waals surface area contributed by atoms with Crippen molar-refractivity contribution in [3.8, 4) is 11.8 Å². The summed E-state index contributed by atoms with van der Waals surface area (Å²) >= 11 is 0. The molecular weight excluding hydrogens is 209 g/mol. The van der Waals surface area contributed by atoms with Crippen LogP contribution < -0.4 is 4.74 Å². The summed E-state index contributed by atoms with van der Waals surface area (Å²) in [5.41, 5.74) is -0.000629. The van der Waals surface area contributed by atoms with E-state index in [0.717, 1.165) is 19.3 Å². The van der Waals surface area contributed by atoms with Crippen molar-refractivity contribution in [3.05, 3.63) is 29.6 Å². The van der Waals surface area contributed by atoms with E-state index < -0.39 is 11.9 Å². The Morgan fingerprint density at radius 1 is 1.44 bits per heavy atom. The highest BCUT2D eigenvalue weighted by molar-refractivity contribution is 5.36. The first-order valence-electron chi connectivity index (χ1n) is 5.25. The molecule has 4 heteroatoms. The van der Waals surface area contributed by atoms with E-state index in [1.54, 1.807) is 12.1 Å². The van der Waals surface area contributed by atoms with Crippen LogP contribution in [0.2, 0.25) is 0 Å². The van der Waals surface area contributed by atoms with E-state index in [1.165, 1.54) is 12.1 Å². The van der Waals surface area contributed by atoms with Crippen LogP contribution >= 0.6 is 0 Å². The van der Waals surface area contributed by atoms with Crippen LogP contribution in [0.4, 0.5) is 4.39 Å². The van der Waals surface area contributed by atoms with E-state index in [4.69, 9.17) is 10.00 Å². The van der Waals surface area contributed by atoms with Crippen LogP contribution in [0.1, 0.15) is 24.8 Å². The monoisotopic (exact) mass is 221 g/mol. The smallest absolute Gasteiger partial charge is 0.144 e. The quantitative estimate of drug-likeness (QED) is 0.830. The summed E-state index contributed by atoms with van der Waals surface area (Å²) in [4.78, 5) is 0. The van der Waals surface area contributed by atoms with Crippen molar-refractivity contribution >= 4 is 0 Å². The lowest BCUT2D eigenvalue weighted by atomic mass is 10.2.